The molecule has 2 aromatic rings. The third kappa shape index (κ3) is 2.43. The van der Waals surface area contributed by atoms with Crippen LogP contribution in [0.2, 0.25) is 0 Å². The van der Waals surface area contributed by atoms with E-state index >= 15 is 0 Å². The minimum atomic E-state index is -0.952. The Kier molecular flexibility index (Phi) is 3.52. The van der Waals surface area contributed by atoms with Crippen LogP contribution in [0.5, 0.6) is 0 Å². The van der Waals surface area contributed by atoms with Gasteiger partial charge in [0.05, 0.1) is 11.6 Å². The van der Waals surface area contributed by atoms with Crippen molar-refractivity contribution in [2.75, 3.05) is 6.54 Å². The van der Waals surface area contributed by atoms with E-state index in [2.05, 4.69) is 0 Å². The molecule has 0 fully saturated rings. The first-order valence-corrected chi connectivity index (χ1v) is 5.81. The van der Waals surface area contributed by atoms with E-state index in [1.807, 2.05) is 0 Å². The molecule has 6 heteroatoms. The highest BCUT2D eigenvalue weighted by Gasteiger charge is 2.17. The molecule has 0 bridgehead atoms. The molecule has 1 aromatic carbocycles. The van der Waals surface area contributed by atoms with Gasteiger partial charge in [-0.05, 0) is 17.7 Å². The lowest BCUT2D eigenvalue weighted by Crippen LogP contribution is -2.22. The standard InChI is InChI=1S/C13H15N3O3/c1-15-6-7-16(13(15)19)10-4-2-9(3-5-10)11(8-14)12(17)18/h2-7,11H,8,14H2,1H3,(H,17,18). The third-order valence-electron chi connectivity index (χ3n) is 3.05. The summed E-state index contributed by atoms with van der Waals surface area (Å²) in [6.07, 6.45) is 3.32. The Morgan fingerprint density at radius 1 is 1.32 bits per heavy atom. The van der Waals surface area contributed by atoms with Crippen LogP contribution in [-0.2, 0) is 11.8 Å². The van der Waals surface area contributed by atoms with Crippen LogP contribution in [0.1, 0.15) is 11.5 Å². The Bertz CT molecular complexity index is 640. The van der Waals surface area contributed by atoms with Crippen LogP contribution in [0.25, 0.3) is 5.69 Å². The summed E-state index contributed by atoms with van der Waals surface area (Å²) in [5.41, 5.74) is 6.61. The molecule has 1 atom stereocenters. The number of nitrogens with two attached hydrogens (primary N) is 1. The van der Waals surface area contributed by atoms with Crippen molar-refractivity contribution < 1.29 is 9.90 Å². The van der Waals surface area contributed by atoms with Gasteiger partial charge in [0, 0.05) is 26.0 Å². The van der Waals surface area contributed by atoms with E-state index in [-0.39, 0.29) is 12.2 Å². The largest absolute Gasteiger partial charge is 0.481 e. The van der Waals surface area contributed by atoms with Crippen LogP contribution in [0.3, 0.4) is 0 Å². The van der Waals surface area contributed by atoms with Gasteiger partial charge in [-0.3, -0.25) is 9.36 Å². The van der Waals surface area contributed by atoms with Crippen LogP contribution < -0.4 is 11.4 Å². The number of carbonyl (C=O) groups is 1. The second-order valence-corrected chi connectivity index (χ2v) is 4.28. The van der Waals surface area contributed by atoms with Crippen LogP contribution in [0.15, 0.2) is 41.5 Å². The summed E-state index contributed by atoms with van der Waals surface area (Å²) in [6.45, 7) is 0.0416. The minimum Gasteiger partial charge on any atom is -0.481 e. The number of carboxylic acid groups (broad SMARTS) is 1. The molecule has 0 amide bonds. The predicted molar refractivity (Wildman–Crippen MR) is 70.4 cm³/mol. The maximum atomic E-state index is 11.8. The van der Waals surface area contributed by atoms with Gasteiger partial charge in [0.25, 0.3) is 0 Å². The number of rotatable bonds is 4. The van der Waals surface area contributed by atoms with Gasteiger partial charge in [0.2, 0.25) is 0 Å². The number of carboxylic acids is 1. The van der Waals surface area contributed by atoms with Crippen LogP contribution in [0.4, 0.5) is 0 Å². The predicted octanol–water partition coefficient (Wildman–Crippen LogP) is 0.303. The van der Waals surface area contributed by atoms with Gasteiger partial charge < -0.3 is 15.4 Å². The van der Waals surface area contributed by atoms with E-state index in [4.69, 9.17) is 10.8 Å². The van der Waals surface area contributed by atoms with Crippen molar-refractivity contribution in [2.45, 2.75) is 5.92 Å². The Labute approximate surface area is 109 Å². The number of aromatic nitrogens is 2. The average molecular weight is 261 g/mol. The van der Waals surface area contributed by atoms with E-state index < -0.39 is 11.9 Å². The average Bonchev–Trinajstić information content (AvgIpc) is 2.72. The zero-order valence-corrected chi connectivity index (χ0v) is 10.5. The topological polar surface area (TPSA) is 90.2 Å². The number of hydrogen-bond acceptors (Lipinski definition) is 3. The number of benzene rings is 1. The van der Waals surface area contributed by atoms with Gasteiger partial charge in [-0.15, -0.1) is 0 Å². The van der Waals surface area contributed by atoms with Crippen LogP contribution in [0, 0.1) is 0 Å². The molecular weight excluding hydrogens is 246 g/mol. The third-order valence-corrected chi connectivity index (χ3v) is 3.05. The SMILES string of the molecule is Cn1ccn(-c2ccc(C(CN)C(=O)O)cc2)c1=O. The smallest absolute Gasteiger partial charge is 0.332 e. The molecule has 1 unspecified atom stereocenters. The summed E-state index contributed by atoms with van der Waals surface area (Å²) < 4.78 is 2.95. The molecule has 0 aliphatic heterocycles. The summed E-state index contributed by atoms with van der Waals surface area (Å²) in [7, 11) is 1.67. The molecule has 0 spiro atoms. The number of nitrogens with zero attached hydrogens (tertiary/aromatic N) is 2. The highest BCUT2D eigenvalue weighted by molar-refractivity contribution is 5.76. The molecule has 1 heterocycles. The molecule has 0 aliphatic carbocycles. The monoisotopic (exact) mass is 261 g/mol. The molecule has 0 radical (unpaired) electrons. The molecule has 3 N–H and O–H groups in total. The summed E-state index contributed by atoms with van der Waals surface area (Å²) in [5.74, 6) is -1.67. The molecule has 19 heavy (non-hydrogen) atoms. The fourth-order valence-electron chi connectivity index (χ4n) is 1.91. The molecule has 6 nitrogen and oxygen atoms in total. The Hall–Kier alpha value is -2.34. The zero-order chi connectivity index (χ0) is 14.0. The van der Waals surface area contributed by atoms with Crippen molar-refractivity contribution in [3.05, 3.63) is 52.7 Å². The Morgan fingerprint density at radius 2 is 1.95 bits per heavy atom. The second kappa shape index (κ2) is 5.11. The molecule has 0 saturated heterocycles. The van der Waals surface area contributed by atoms with Gasteiger partial charge in [-0.1, -0.05) is 12.1 Å². The fourth-order valence-corrected chi connectivity index (χ4v) is 1.91. The summed E-state index contributed by atoms with van der Waals surface area (Å²) >= 11 is 0. The zero-order valence-electron chi connectivity index (χ0n) is 10.5. The molecule has 1 aromatic heterocycles. The normalized spacial score (nSPS) is 12.3. The lowest BCUT2D eigenvalue weighted by Gasteiger charge is -2.10. The van der Waals surface area contributed by atoms with Crippen LogP contribution in [-0.4, -0.2) is 26.8 Å². The number of hydrogen-bond donors (Lipinski definition) is 2. The maximum Gasteiger partial charge on any atom is 0.332 e. The molecule has 0 aliphatic rings. The molecular formula is C13H15N3O3. The summed E-state index contributed by atoms with van der Waals surface area (Å²) in [4.78, 5) is 22.8. The van der Waals surface area contributed by atoms with Gasteiger partial charge in [0.1, 0.15) is 0 Å². The number of aliphatic carboxylic acids is 1. The van der Waals surface area contributed by atoms with E-state index in [1.165, 1.54) is 9.13 Å². The second-order valence-electron chi connectivity index (χ2n) is 4.28. The van der Waals surface area contributed by atoms with Gasteiger partial charge in [-0.2, -0.15) is 0 Å². The molecule has 0 saturated carbocycles. The maximum absolute atomic E-state index is 11.8. The van der Waals surface area contributed by atoms with Crippen molar-refractivity contribution in [1.29, 1.82) is 0 Å². The van der Waals surface area contributed by atoms with Gasteiger partial charge in [0.15, 0.2) is 0 Å². The highest BCUT2D eigenvalue weighted by atomic mass is 16.4. The van der Waals surface area contributed by atoms with E-state index in [9.17, 15) is 9.59 Å². The van der Waals surface area contributed by atoms with Gasteiger partial charge in [-0.25, -0.2) is 4.79 Å². The first-order chi connectivity index (χ1) is 9.04. The Balaban J connectivity index is 2.36. The lowest BCUT2D eigenvalue weighted by molar-refractivity contribution is -0.138. The van der Waals surface area contributed by atoms with E-state index in [1.54, 1.807) is 43.7 Å². The van der Waals surface area contributed by atoms with E-state index in [0.717, 1.165) is 0 Å². The van der Waals surface area contributed by atoms with E-state index in [0.29, 0.717) is 11.3 Å². The van der Waals surface area contributed by atoms with Crippen molar-refractivity contribution in [2.24, 2.45) is 12.8 Å². The quantitative estimate of drug-likeness (QED) is 0.828. The highest BCUT2D eigenvalue weighted by Crippen LogP contribution is 2.17. The Morgan fingerprint density at radius 3 is 2.37 bits per heavy atom. The van der Waals surface area contributed by atoms with Gasteiger partial charge >= 0.3 is 11.7 Å². The molecule has 100 valence electrons. The number of aryl methyl sites for hydroxylation is 1. The summed E-state index contributed by atoms with van der Waals surface area (Å²) in [5, 5.41) is 9.02. The first-order valence-electron chi connectivity index (χ1n) is 5.81. The van der Waals surface area contributed by atoms with Crippen molar-refractivity contribution >= 4 is 5.97 Å². The minimum absolute atomic E-state index is 0.0416. The number of imidazole rings is 1. The molecule has 2 rings (SSSR count). The first kappa shape index (κ1) is 13.1. The van der Waals surface area contributed by atoms with Crippen molar-refractivity contribution in [3.63, 3.8) is 0 Å². The van der Waals surface area contributed by atoms with Crippen LogP contribution >= 0.6 is 0 Å². The lowest BCUT2D eigenvalue weighted by atomic mass is 9.99. The fraction of sp³-hybridized carbons (Fsp3) is 0.231. The van der Waals surface area contributed by atoms with Crippen molar-refractivity contribution in [1.82, 2.24) is 9.13 Å². The van der Waals surface area contributed by atoms with Crippen molar-refractivity contribution in [3.8, 4) is 5.69 Å². The summed E-state index contributed by atoms with van der Waals surface area (Å²) in [6, 6.07) is 6.78.